The van der Waals surface area contributed by atoms with Crippen molar-refractivity contribution in [3.05, 3.63) is 118 Å². The summed E-state index contributed by atoms with van der Waals surface area (Å²) in [5.41, 5.74) is 5.65. The average molecular weight is 458 g/mol. The molecule has 5 heteroatoms. The Morgan fingerprint density at radius 3 is 2.18 bits per heavy atom. The largest absolute Gasteiger partial charge is 0.491 e. The molecule has 4 nitrogen and oxygen atoms in total. The minimum atomic E-state index is 0.158. The Hall–Kier alpha value is -3.37. The first-order valence-electron chi connectivity index (χ1n) is 11.2. The Bertz CT molecular complexity index is 1160. The van der Waals surface area contributed by atoms with Crippen LogP contribution in [0.5, 0.6) is 5.75 Å². The highest BCUT2D eigenvalue weighted by molar-refractivity contribution is 6.30. The maximum atomic E-state index is 6.08. The van der Waals surface area contributed by atoms with E-state index in [1.807, 2.05) is 74.6 Å². The van der Waals surface area contributed by atoms with Gasteiger partial charge in [-0.1, -0.05) is 66.2 Å². The molecule has 0 aliphatic carbocycles. The highest BCUT2D eigenvalue weighted by Gasteiger charge is 2.10. The molecule has 0 aliphatic rings. The van der Waals surface area contributed by atoms with Gasteiger partial charge >= 0.3 is 0 Å². The van der Waals surface area contributed by atoms with Crippen LogP contribution in [0, 0.1) is 0 Å². The Kier molecular flexibility index (Phi) is 7.59. The number of nitrogens with zero attached hydrogens (tertiary/aromatic N) is 2. The van der Waals surface area contributed by atoms with Gasteiger partial charge in [0.25, 0.3) is 0 Å². The van der Waals surface area contributed by atoms with E-state index in [9.17, 15) is 0 Å². The zero-order valence-corrected chi connectivity index (χ0v) is 19.7. The molecule has 4 aromatic rings. The predicted octanol–water partition coefficient (Wildman–Crippen LogP) is 6.71. The zero-order valence-electron chi connectivity index (χ0n) is 19.0. The summed E-state index contributed by atoms with van der Waals surface area (Å²) in [6, 6.07) is 26.4. The van der Waals surface area contributed by atoms with Crippen molar-refractivity contribution in [2.75, 3.05) is 5.32 Å². The summed E-state index contributed by atoms with van der Waals surface area (Å²) in [6.07, 6.45) is 3.56. The zero-order chi connectivity index (χ0) is 23.0. The number of benzene rings is 3. The lowest BCUT2D eigenvalue weighted by Gasteiger charge is -2.13. The van der Waals surface area contributed by atoms with E-state index < -0.39 is 0 Å². The van der Waals surface area contributed by atoms with E-state index >= 15 is 0 Å². The maximum absolute atomic E-state index is 6.08. The summed E-state index contributed by atoms with van der Waals surface area (Å²) in [5.74, 6) is 1.51. The second-order valence-electron chi connectivity index (χ2n) is 8.30. The molecule has 4 rings (SSSR count). The van der Waals surface area contributed by atoms with Crippen molar-refractivity contribution in [2.45, 2.75) is 39.3 Å². The Balaban J connectivity index is 1.55. The molecule has 0 spiro atoms. The molecule has 168 valence electrons. The van der Waals surface area contributed by atoms with Crippen LogP contribution >= 0.6 is 11.6 Å². The van der Waals surface area contributed by atoms with Crippen LogP contribution in [0.25, 0.3) is 0 Å². The second-order valence-corrected chi connectivity index (χ2v) is 8.73. The fourth-order valence-electron chi connectivity index (χ4n) is 3.58. The minimum Gasteiger partial charge on any atom is -0.491 e. The van der Waals surface area contributed by atoms with Crippen LogP contribution in [0.2, 0.25) is 5.02 Å². The number of rotatable bonds is 9. The summed E-state index contributed by atoms with van der Waals surface area (Å²) in [6.45, 7) is 4.74. The molecular weight excluding hydrogens is 430 g/mol. The van der Waals surface area contributed by atoms with Gasteiger partial charge < -0.3 is 10.1 Å². The number of nitrogens with one attached hydrogen (secondary N) is 1. The third-order valence-corrected chi connectivity index (χ3v) is 5.47. The average Bonchev–Trinajstić information content (AvgIpc) is 2.82. The van der Waals surface area contributed by atoms with Gasteiger partial charge in [-0.3, -0.25) is 0 Å². The minimum absolute atomic E-state index is 0.158. The van der Waals surface area contributed by atoms with Gasteiger partial charge in [0.2, 0.25) is 5.95 Å². The molecule has 0 atom stereocenters. The smallest absolute Gasteiger partial charge is 0.223 e. The summed E-state index contributed by atoms with van der Waals surface area (Å²) in [7, 11) is 0. The van der Waals surface area contributed by atoms with Crippen molar-refractivity contribution < 1.29 is 4.74 Å². The molecule has 0 radical (unpaired) electrons. The van der Waals surface area contributed by atoms with Crippen molar-refractivity contribution >= 4 is 17.5 Å². The topological polar surface area (TPSA) is 47.0 Å². The maximum Gasteiger partial charge on any atom is 0.223 e. The Labute approximate surface area is 200 Å². The molecule has 33 heavy (non-hydrogen) atoms. The molecule has 0 saturated heterocycles. The molecule has 1 heterocycles. The highest BCUT2D eigenvalue weighted by atomic mass is 35.5. The number of hydrogen-bond acceptors (Lipinski definition) is 4. The van der Waals surface area contributed by atoms with Crippen LogP contribution in [0.4, 0.5) is 5.95 Å². The molecule has 0 fully saturated rings. The van der Waals surface area contributed by atoms with Gasteiger partial charge in [-0.2, -0.15) is 0 Å². The van der Waals surface area contributed by atoms with Crippen molar-refractivity contribution in [1.82, 2.24) is 9.97 Å². The molecule has 0 amide bonds. The predicted molar refractivity (Wildman–Crippen MR) is 135 cm³/mol. The van der Waals surface area contributed by atoms with Crippen LogP contribution in [0.15, 0.2) is 85.1 Å². The third kappa shape index (κ3) is 6.80. The van der Waals surface area contributed by atoms with Crippen molar-refractivity contribution in [3.8, 4) is 5.75 Å². The van der Waals surface area contributed by atoms with Gasteiger partial charge in [0.1, 0.15) is 5.75 Å². The van der Waals surface area contributed by atoms with E-state index in [0.717, 1.165) is 34.0 Å². The summed E-state index contributed by atoms with van der Waals surface area (Å²) in [5, 5.41) is 4.09. The van der Waals surface area contributed by atoms with Crippen LogP contribution in [0.3, 0.4) is 0 Å². The van der Waals surface area contributed by atoms with Crippen LogP contribution in [-0.2, 0) is 19.4 Å². The number of ether oxygens (including phenoxy) is 1. The molecule has 0 saturated carbocycles. The van der Waals surface area contributed by atoms with E-state index in [-0.39, 0.29) is 6.10 Å². The third-order valence-electron chi connectivity index (χ3n) is 5.22. The lowest BCUT2D eigenvalue weighted by Crippen LogP contribution is -2.09. The van der Waals surface area contributed by atoms with Crippen LogP contribution < -0.4 is 10.1 Å². The van der Waals surface area contributed by atoms with Gasteiger partial charge in [0.05, 0.1) is 11.8 Å². The van der Waals surface area contributed by atoms with Crippen molar-refractivity contribution in [2.24, 2.45) is 0 Å². The standard InChI is InChI=1S/C28H28ClN3O/c1-20(2)33-26-14-10-21(11-15-26)16-24-19-31-28(30-18-23-6-4-3-5-7-23)32-27(24)17-22-8-12-25(29)13-9-22/h3-15,19-20H,16-18H2,1-2H3,(H,30,31,32). The van der Waals surface area contributed by atoms with Gasteiger partial charge in [0, 0.05) is 30.6 Å². The fourth-order valence-corrected chi connectivity index (χ4v) is 3.70. The van der Waals surface area contributed by atoms with Gasteiger partial charge in [-0.15, -0.1) is 0 Å². The van der Waals surface area contributed by atoms with E-state index in [1.54, 1.807) is 0 Å². The molecule has 1 aromatic heterocycles. The molecular formula is C28H28ClN3O. The van der Waals surface area contributed by atoms with E-state index in [0.29, 0.717) is 18.9 Å². The first-order valence-corrected chi connectivity index (χ1v) is 11.6. The number of halogens is 1. The Morgan fingerprint density at radius 2 is 1.48 bits per heavy atom. The summed E-state index contributed by atoms with van der Waals surface area (Å²) >= 11 is 6.08. The highest BCUT2D eigenvalue weighted by Crippen LogP contribution is 2.21. The van der Waals surface area contributed by atoms with Gasteiger partial charge in [-0.05, 0) is 60.4 Å². The monoisotopic (exact) mass is 457 g/mol. The number of hydrogen-bond donors (Lipinski definition) is 1. The fraction of sp³-hybridized carbons (Fsp3) is 0.214. The SMILES string of the molecule is CC(C)Oc1ccc(Cc2cnc(NCc3ccccc3)nc2Cc2ccc(Cl)cc2)cc1. The van der Waals surface area contributed by atoms with E-state index in [4.69, 9.17) is 21.3 Å². The second kappa shape index (κ2) is 11.0. The van der Waals surface area contributed by atoms with Gasteiger partial charge in [0.15, 0.2) is 0 Å². The lowest BCUT2D eigenvalue weighted by molar-refractivity contribution is 0.242. The Morgan fingerprint density at radius 1 is 0.818 bits per heavy atom. The van der Waals surface area contributed by atoms with Crippen molar-refractivity contribution in [3.63, 3.8) is 0 Å². The molecule has 0 bridgehead atoms. The van der Waals surface area contributed by atoms with E-state index in [2.05, 4.69) is 34.6 Å². The molecule has 0 aliphatic heterocycles. The normalized spacial score (nSPS) is 10.9. The van der Waals surface area contributed by atoms with Crippen LogP contribution in [-0.4, -0.2) is 16.1 Å². The lowest BCUT2D eigenvalue weighted by atomic mass is 10.0. The van der Waals surface area contributed by atoms with E-state index in [1.165, 1.54) is 11.1 Å². The molecule has 1 N–H and O–H groups in total. The molecule has 3 aromatic carbocycles. The first-order chi connectivity index (χ1) is 16.0. The summed E-state index contributed by atoms with van der Waals surface area (Å²) < 4.78 is 5.77. The number of aromatic nitrogens is 2. The van der Waals surface area contributed by atoms with Gasteiger partial charge in [-0.25, -0.2) is 9.97 Å². The molecule has 0 unspecified atom stereocenters. The quantitative estimate of drug-likeness (QED) is 0.303. The first kappa shape index (κ1) is 22.8. The number of anilines is 1. The van der Waals surface area contributed by atoms with Crippen molar-refractivity contribution in [1.29, 1.82) is 0 Å². The van der Waals surface area contributed by atoms with Crippen LogP contribution in [0.1, 0.15) is 41.8 Å². The summed E-state index contributed by atoms with van der Waals surface area (Å²) in [4.78, 5) is 9.47.